The second-order valence-electron chi connectivity index (χ2n) is 6.12. The summed E-state index contributed by atoms with van der Waals surface area (Å²) in [6.45, 7) is 8.05. The molecule has 0 fully saturated rings. The van der Waals surface area contributed by atoms with Gasteiger partial charge >= 0.3 is 0 Å². The lowest BCUT2D eigenvalue weighted by Gasteiger charge is -2.17. The number of amides is 1. The van der Waals surface area contributed by atoms with Crippen molar-refractivity contribution in [3.8, 4) is 5.69 Å². The van der Waals surface area contributed by atoms with Gasteiger partial charge in [-0.05, 0) is 37.4 Å². The zero-order chi connectivity index (χ0) is 19.2. The van der Waals surface area contributed by atoms with Gasteiger partial charge in [-0.15, -0.1) is 0 Å². The maximum absolute atomic E-state index is 12.5. The van der Waals surface area contributed by atoms with E-state index in [9.17, 15) is 4.79 Å². The predicted molar refractivity (Wildman–Crippen MR) is 109 cm³/mol. The van der Waals surface area contributed by atoms with Gasteiger partial charge in [-0.2, -0.15) is 10.2 Å². The summed E-state index contributed by atoms with van der Waals surface area (Å²) in [7, 11) is 0. The Morgan fingerprint density at radius 3 is 2.56 bits per heavy atom. The fourth-order valence-electron chi connectivity index (χ4n) is 2.71. The third-order valence-electron chi connectivity index (χ3n) is 4.37. The van der Waals surface area contributed by atoms with Crippen molar-refractivity contribution in [3.63, 3.8) is 0 Å². The number of anilines is 1. The van der Waals surface area contributed by atoms with Gasteiger partial charge in [0.25, 0.3) is 5.91 Å². The zero-order valence-corrected chi connectivity index (χ0v) is 17.1. The minimum Gasteiger partial charge on any atom is -0.319 e. The van der Waals surface area contributed by atoms with Crippen LogP contribution >= 0.6 is 15.9 Å². The van der Waals surface area contributed by atoms with Crippen molar-refractivity contribution in [1.82, 2.24) is 24.5 Å². The average Bonchev–Trinajstić information content (AvgIpc) is 3.33. The highest BCUT2D eigenvalue weighted by Crippen LogP contribution is 2.15. The molecule has 7 nitrogen and oxygen atoms in total. The van der Waals surface area contributed by atoms with Crippen LogP contribution in [0.4, 0.5) is 5.69 Å². The fourth-order valence-corrected chi connectivity index (χ4v) is 2.98. The van der Waals surface area contributed by atoms with Gasteiger partial charge in [-0.1, -0.05) is 29.8 Å². The predicted octanol–water partition coefficient (Wildman–Crippen LogP) is 3.43. The molecule has 0 radical (unpaired) electrons. The molecule has 0 aliphatic heterocycles. The molecule has 3 rings (SSSR count). The summed E-state index contributed by atoms with van der Waals surface area (Å²) in [6, 6.07) is 7.73. The highest BCUT2D eigenvalue weighted by Gasteiger charge is 2.11. The van der Waals surface area contributed by atoms with E-state index in [0.717, 1.165) is 36.3 Å². The molecule has 0 saturated carbocycles. The molecule has 0 spiro atoms. The van der Waals surface area contributed by atoms with E-state index in [-0.39, 0.29) is 5.91 Å². The fraction of sp³-hybridized carbons (Fsp3) is 0.316. The number of carbonyl (C=O) groups is 1. The summed E-state index contributed by atoms with van der Waals surface area (Å²) < 4.78 is 4.52. The van der Waals surface area contributed by atoms with E-state index in [2.05, 4.69) is 50.2 Å². The van der Waals surface area contributed by atoms with Gasteiger partial charge in [-0.3, -0.25) is 9.48 Å². The van der Waals surface area contributed by atoms with E-state index in [1.165, 1.54) is 0 Å². The molecule has 27 heavy (non-hydrogen) atoms. The monoisotopic (exact) mass is 430 g/mol. The van der Waals surface area contributed by atoms with Crippen molar-refractivity contribution in [2.24, 2.45) is 0 Å². The third-order valence-corrected chi connectivity index (χ3v) is 4.90. The number of hydrogen-bond donors (Lipinski definition) is 1. The lowest BCUT2D eigenvalue weighted by atomic mass is 10.3. The summed E-state index contributed by atoms with van der Waals surface area (Å²) in [6.07, 6.45) is 6.78. The molecule has 0 saturated heterocycles. The van der Waals surface area contributed by atoms with Crippen LogP contribution in [0.3, 0.4) is 0 Å². The number of halogens is 1. The number of likely N-dealkylation sites (N-methyl/N-ethyl adjacent to an activating group) is 1. The van der Waals surface area contributed by atoms with Crippen LogP contribution in [0.2, 0.25) is 0 Å². The van der Waals surface area contributed by atoms with Crippen LogP contribution in [0.25, 0.3) is 5.69 Å². The van der Waals surface area contributed by atoms with Crippen LogP contribution < -0.4 is 5.32 Å². The number of aromatic nitrogens is 4. The molecule has 3 aromatic rings. The minimum atomic E-state index is -0.207. The van der Waals surface area contributed by atoms with Gasteiger partial charge in [0.2, 0.25) is 0 Å². The van der Waals surface area contributed by atoms with Crippen LogP contribution in [-0.4, -0.2) is 50.0 Å². The van der Waals surface area contributed by atoms with Crippen LogP contribution in [0.1, 0.15) is 24.2 Å². The minimum absolute atomic E-state index is 0.207. The second kappa shape index (κ2) is 8.96. The smallest absolute Gasteiger partial charge is 0.258 e. The van der Waals surface area contributed by atoms with E-state index in [1.807, 2.05) is 35.1 Å². The Kier molecular flexibility index (Phi) is 6.41. The molecular formula is C19H23BrN6O. The van der Waals surface area contributed by atoms with E-state index in [0.29, 0.717) is 11.3 Å². The molecule has 1 N–H and O–H groups in total. The molecule has 2 aromatic heterocycles. The normalized spacial score (nSPS) is 11.1. The van der Waals surface area contributed by atoms with Crippen molar-refractivity contribution in [2.75, 3.05) is 25.0 Å². The number of rotatable bonds is 8. The molecule has 0 unspecified atom stereocenters. The van der Waals surface area contributed by atoms with Crippen LogP contribution in [0.15, 0.2) is 53.5 Å². The number of hydrogen-bond acceptors (Lipinski definition) is 4. The number of benzene rings is 1. The molecular weight excluding hydrogens is 408 g/mol. The van der Waals surface area contributed by atoms with Crippen molar-refractivity contribution in [3.05, 3.63) is 59.1 Å². The highest BCUT2D eigenvalue weighted by molar-refractivity contribution is 9.10. The third kappa shape index (κ3) is 5.05. The van der Waals surface area contributed by atoms with Gasteiger partial charge in [0, 0.05) is 23.4 Å². The van der Waals surface area contributed by atoms with Crippen LogP contribution in [0.5, 0.6) is 0 Å². The Hall–Kier alpha value is -2.45. The number of nitrogens with zero attached hydrogens (tertiary/aromatic N) is 5. The zero-order valence-electron chi connectivity index (χ0n) is 15.5. The summed E-state index contributed by atoms with van der Waals surface area (Å²) in [5.41, 5.74) is 2.06. The molecule has 1 aromatic carbocycles. The maximum atomic E-state index is 12.5. The molecule has 0 bridgehead atoms. The molecule has 1 amide bonds. The van der Waals surface area contributed by atoms with Gasteiger partial charge in [0.1, 0.15) is 0 Å². The van der Waals surface area contributed by atoms with Crippen molar-refractivity contribution in [1.29, 1.82) is 0 Å². The van der Waals surface area contributed by atoms with E-state index >= 15 is 0 Å². The topological polar surface area (TPSA) is 68.0 Å². The Morgan fingerprint density at radius 1 is 1.11 bits per heavy atom. The molecule has 0 atom stereocenters. The quantitative estimate of drug-likeness (QED) is 0.594. The first-order chi connectivity index (χ1) is 13.1. The number of nitrogens with one attached hydrogen (secondary N) is 1. The highest BCUT2D eigenvalue weighted by atomic mass is 79.9. The Morgan fingerprint density at radius 2 is 1.85 bits per heavy atom. The van der Waals surface area contributed by atoms with E-state index in [1.54, 1.807) is 23.3 Å². The molecule has 142 valence electrons. The van der Waals surface area contributed by atoms with E-state index < -0.39 is 0 Å². The second-order valence-corrected chi connectivity index (χ2v) is 7.04. The lowest BCUT2D eigenvalue weighted by Crippen LogP contribution is -2.27. The van der Waals surface area contributed by atoms with Gasteiger partial charge in [0.05, 0.1) is 35.9 Å². The summed E-state index contributed by atoms with van der Waals surface area (Å²) >= 11 is 3.41. The van der Waals surface area contributed by atoms with Crippen LogP contribution in [0, 0.1) is 0 Å². The van der Waals surface area contributed by atoms with Crippen molar-refractivity contribution >= 4 is 27.5 Å². The molecule has 2 heterocycles. The van der Waals surface area contributed by atoms with Gasteiger partial charge in [-0.25, -0.2) is 4.68 Å². The lowest BCUT2D eigenvalue weighted by molar-refractivity contribution is 0.102. The van der Waals surface area contributed by atoms with Crippen molar-refractivity contribution < 1.29 is 4.79 Å². The molecule has 8 heteroatoms. The molecule has 0 aliphatic rings. The molecule has 0 aliphatic carbocycles. The van der Waals surface area contributed by atoms with Crippen LogP contribution in [-0.2, 0) is 6.54 Å². The largest absolute Gasteiger partial charge is 0.319 e. The Bertz CT molecular complexity index is 882. The van der Waals surface area contributed by atoms with Crippen molar-refractivity contribution in [2.45, 2.75) is 20.4 Å². The summed E-state index contributed by atoms with van der Waals surface area (Å²) in [4.78, 5) is 14.8. The standard InChI is InChI=1S/C19H23BrN6O/c1-3-24(4-2)9-10-25-14-17(12-21-25)23-19(27)15-11-22-26(13-15)18-7-5-16(20)6-8-18/h5-8,11-14H,3-4,9-10H2,1-2H3,(H,23,27). The Balaban J connectivity index is 1.60. The van der Waals surface area contributed by atoms with Gasteiger partial charge < -0.3 is 10.2 Å². The SMILES string of the molecule is CCN(CC)CCn1cc(NC(=O)c2cnn(-c3ccc(Br)cc3)c2)cn1. The van der Waals surface area contributed by atoms with E-state index in [4.69, 9.17) is 0 Å². The average molecular weight is 431 g/mol. The first-order valence-electron chi connectivity index (χ1n) is 8.95. The maximum Gasteiger partial charge on any atom is 0.258 e. The summed E-state index contributed by atoms with van der Waals surface area (Å²) in [5, 5.41) is 11.5. The Labute approximate surface area is 167 Å². The summed E-state index contributed by atoms with van der Waals surface area (Å²) in [5.74, 6) is -0.207. The first kappa shape index (κ1) is 19.3. The van der Waals surface area contributed by atoms with Gasteiger partial charge in [0.15, 0.2) is 0 Å². The first-order valence-corrected chi connectivity index (χ1v) is 9.75. The number of carbonyl (C=O) groups excluding carboxylic acids is 1.